The molecule has 0 spiro atoms. The van der Waals surface area contributed by atoms with E-state index in [2.05, 4.69) is 31.4 Å². The molecule has 3 aromatic rings. The van der Waals surface area contributed by atoms with Crippen molar-refractivity contribution < 1.29 is 28.4 Å². The van der Waals surface area contributed by atoms with Crippen LogP contribution in [-0.4, -0.2) is 143 Å². The summed E-state index contributed by atoms with van der Waals surface area (Å²) in [5.41, 5.74) is 16.3. The van der Waals surface area contributed by atoms with Crippen LogP contribution in [0, 0.1) is 46.8 Å². The molecular weight excluding hydrogens is 725 g/mol. The number of anilines is 3. The number of rotatable bonds is 12. The highest BCUT2D eigenvalue weighted by molar-refractivity contribution is 5.56. The number of halogens is 1. The molecule has 0 aromatic heterocycles. The minimum atomic E-state index is -0.533. The predicted octanol–water partition coefficient (Wildman–Crippen LogP) is 4.29. The molecule has 17 heteroatoms. The summed E-state index contributed by atoms with van der Waals surface area (Å²) in [6.45, 7) is 22.1. The highest BCUT2D eigenvalue weighted by Gasteiger charge is 2.13. The Balaban J connectivity index is 0.000000209. The lowest BCUT2D eigenvalue weighted by atomic mass is 10.2. The van der Waals surface area contributed by atoms with Crippen LogP contribution < -0.4 is 22.1 Å². The molecule has 0 radical (unpaired) electrons. The van der Waals surface area contributed by atoms with E-state index in [1.54, 1.807) is 19.1 Å². The summed E-state index contributed by atoms with van der Waals surface area (Å²) in [4.78, 5) is 27.1. The van der Waals surface area contributed by atoms with E-state index in [0.29, 0.717) is 11.1 Å². The molecule has 56 heavy (non-hydrogen) atoms. The van der Waals surface area contributed by atoms with Crippen LogP contribution in [0.25, 0.3) is 0 Å². The van der Waals surface area contributed by atoms with Crippen molar-refractivity contribution in [3.05, 3.63) is 97.3 Å². The fourth-order valence-corrected chi connectivity index (χ4v) is 5.95. The number of nitrogens with zero attached hydrogens (tertiary/aromatic N) is 5. The van der Waals surface area contributed by atoms with Crippen LogP contribution in [0.15, 0.2) is 54.6 Å². The highest BCUT2D eigenvalue weighted by atomic mass is 19.1. The van der Waals surface area contributed by atoms with Crippen LogP contribution >= 0.6 is 0 Å². The topological polar surface area (TPSA) is 200 Å². The van der Waals surface area contributed by atoms with Crippen LogP contribution in [0.5, 0.6) is 0 Å². The van der Waals surface area contributed by atoms with Gasteiger partial charge >= 0.3 is 0 Å². The predicted molar refractivity (Wildman–Crippen MR) is 219 cm³/mol. The second kappa shape index (κ2) is 25.6. The first-order valence-corrected chi connectivity index (χ1v) is 19.1. The van der Waals surface area contributed by atoms with Crippen molar-refractivity contribution in [2.24, 2.45) is 5.73 Å². The number of ether oxygens (including phenoxy) is 3. The van der Waals surface area contributed by atoms with Gasteiger partial charge in [-0.1, -0.05) is 0 Å². The van der Waals surface area contributed by atoms with Crippen LogP contribution in [0.2, 0.25) is 0 Å². The quantitative estimate of drug-likeness (QED) is 0.115. The molecule has 3 aliphatic heterocycles. The zero-order valence-corrected chi connectivity index (χ0v) is 33.1. The van der Waals surface area contributed by atoms with Gasteiger partial charge in [-0.05, 0) is 68.8 Å². The number of nitrogen functional groups attached to an aromatic ring is 1. The Morgan fingerprint density at radius 2 is 1.02 bits per heavy atom. The summed E-state index contributed by atoms with van der Waals surface area (Å²) in [7, 11) is 0. The Bertz CT molecular complexity index is 1620. The summed E-state index contributed by atoms with van der Waals surface area (Å²) in [5, 5.41) is 27.7. The van der Waals surface area contributed by atoms with Crippen molar-refractivity contribution in [2.75, 3.05) is 135 Å². The Morgan fingerprint density at radius 3 is 1.41 bits per heavy atom. The molecule has 3 aromatic carbocycles. The molecule has 310 valence electrons. The van der Waals surface area contributed by atoms with Gasteiger partial charge < -0.3 is 36.3 Å². The Kier molecular flexibility index (Phi) is 21.0. The van der Waals surface area contributed by atoms with Crippen molar-refractivity contribution in [3.63, 3.8) is 0 Å². The molecule has 0 atom stereocenters. The molecule has 3 heterocycles. The molecule has 0 unspecified atom stereocenters. The van der Waals surface area contributed by atoms with Crippen LogP contribution in [0.1, 0.15) is 16.7 Å². The lowest BCUT2D eigenvalue weighted by molar-refractivity contribution is -0.385. The number of benzene rings is 3. The summed E-state index contributed by atoms with van der Waals surface area (Å²) >= 11 is 0. The average molecular weight is 786 g/mol. The van der Waals surface area contributed by atoms with Crippen molar-refractivity contribution in [1.29, 1.82) is 0 Å². The number of hydrogen-bond donors (Lipinski definition) is 4. The summed E-state index contributed by atoms with van der Waals surface area (Å²) in [6, 6.07) is 14.6. The number of morpholine rings is 3. The number of hydrogen-bond acceptors (Lipinski definition) is 14. The number of nitro benzene ring substituents is 2. The van der Waals surface area contributed by atoms with Crippen molar-refractivity contribution in [3.8, 4) is 0 Å². The standard InChI is InChI=1S/C13H19N3O3.C13H21N3O.C7H6FNO2.C6H14N2O/c1-11-10-12(2-3-13(11)16(17)18)14-4-5-15-6-8-19-9-7-15;1-11-10-12(2-3-13(11)14)15-4-5-16-6-8-17-9-7-16;1-5-4-6(8)2-3-7(5)9(10)11;7-1-2-8-3-5-9-6-4-8/h2-3,10,14H,4-9H2,1H3;2-3,10,15H,4-9,14H2,1H3;2-4H,1H3;1-7H2. The van der Waals surface area contributed by atoms with Crippen molar-refractivity contribution in [1.82, 2.24) is 14.7 Å². The fraction of sp³-hybridized carbons (Fsp3) is 0.538. The summed E-state index contributed by atoms with van der Waals surface area (Å²) in [6.07, 6.45) is 0. The largest absolute Gasteiger partial charge is 0.399 e. The maximum Gasteiger partial charge on any atom is 0.272 e. The van der Waals surface area contributed by atoms with Crippen LogP contribution in [0.3, 0.4) is 0 Å². The first-order valence-electron chi connectivity index (χ1n) is 19.1. The molecule has 3 fully saturated rings. The third-order valence-corrected chi connectivity index (χ3v) is 9.29. The van der Waals surface area contributed by atoms with Crippen LogP contribution in [-0.2, 0) is 14.2 Å². The van der Waals surface area contributed by atoms with E-state index in [1.807, 2.05) is 25.1 Å². The molecule has 16 nitrogen and oxygen atoms in total. The summed E-state index contributed by atoms with van der Waals surface area (Å²) in [5.74, 6) is -0.451. The lowest BCUT2D eigenvalue weighted by Gasteiger charge is -2.26. The lowest BCUT2D eigenvalue weighted by Crippen LogP contribution is -2.39. The molecule has 0 aliphatic carbocycles. The van der Waals surface area contributed by atoms with Crippen LogP contribution in [0.4, 0.5) is 32.8 Å². The van der Waals surface area contributed by atoms with Crippen molar-refractivity contribution in [2.45, 2.75) is 20.8 Å². The van der Waals surface area contributed by atoms with E-state index in [-0.39, 0.29) is 16.3 Å². The second-order valence-corrected chi connectivity index (χ2v) is 13.5. The minimum Gasteiger partial charge on any atom is -0.399 e. The Labute approximate surface area is 329 Å². The smallest absolute Gasteiger partial charge is 0.272 e. The number of nitro groups is 2. The van der Waals surface area contributed by atoms with E-state index in [9.17, 15) is 24.6 Å². The fourth-order valence-electron chi connectivity index (χ4n) is 5.95. The van der Waals surface area contributed by atoms with Gasteiger partial charge in [0.15, 0.2) is 0 Å². The average Bonchev–Trinajstić information content (AvgIpc) is 3.18. The third-order valence-electron chi connectivity index (χ3n) is 9.29. The molecule has 0 bridgehead atoms. The van der Waals surface area contributed by atoms with Gasteiger partial charge in [0.2, 0.25) is 0 Å². The first kappa shape index (κ1) is 45.9. The molecule has 3 aliphatic rings. The molecule has 0 amide bonds. The molecule has 0 saturated carbocycles. The first-order chi connectivity index (χ1) is 27.0. The molecule has 6 N–H and O–H groups in total. The summed E-state index contributed by atoms with van der Waals surface area (Å²) < 4.78 is 28.2. The van der Waals surface area contributed by atoms with Gasteiger partial charge in [-0.15, -0.1) is 0 Å². The normalized spacial score (nSPS) is 16.2. The maximum atomic E-state index is 12.4. The van der Waals surface area contributed by atoms with Gasteiger partial charge in [0.25, 0.3) is 11.4 Å². The second-order valence-electron chi connectivity index (χ2n) is 13.5. The van der Waals surface area contributed by atoms with Gasteiger partial charge in [0.1, 0.15) is 5.82 Å². The molecule has 6 rings (SSSR count). The highest BCUT2D eigenvalue weighted by Crippen LogP contribution is 2.21. The van der Waals surface area contributed by atoms with Crippen molar-refractivity contribution >= 4 is 28.4 Å². The SMILES string of the molecule is Cc1cc(F)ccc1[N+](=O)[O-].Cc1cc(NCCN2CCOCC2)ccc1N.Cc1cc(NCCN2CCOCC2)ccc1[N+](=O)[O-].NCCN1CCOCC1. The van der Waals surface area contributed by atoms with Gasteiger partial charge in [0.05, 0.1) is 49.5 Å². The number of aryl methyl sites for hydroxylation is 3. The van der Waals surface area contributed by atoms with E-state index >= 15 is 0 Å². The van der Waals surface area contributed by atoms with Gasteiger partial charge in [-0.25, -0.2) is 4.39 Å². The zero-order valence-electron chi connectivity index (χ0n) is 33.1. The van der Waals surface area contributed by atoms with E-state index in [1.165, 1.54) is 6.92 Å². The Hall–Kier alpha value is -4.49. The zero-order chi connectivity index (χ0) is 40.7. The third kappa shape index (κ3) is 17.5. The Morgan fingerprint density at radius 1 is 0.625 bits per heavy atom. The van der Waals surface area contributed by atoms with E-state index in [4.69, 9.17) is 25.7 Å². The number of nitrogens with one attached hydrogen (secondary N) is 2. The van der Waals surface area contributed by atoms with E-state index in [0.717, 1.165) is 159 Å². The molecular formula is C39H60FN9O7. The molecule has 3 saturated heterocycles. The monoisotopic (exact) mass is 785 g/mol. The minimum absolute atomic E-state index is 0.0496. The van der Waals surface area contributed by atoms with Gasteiger partial charge in [-0.2, -0.15) is 0 Å². The van der Waals surface area contributed by atoms with E-state index < -0.39 is 10.7 Å². The maximum absolute atomic E-state index is 12.4. The van der Waals surface area contributed by atoms with Gasteiger partial charge in [0, 0.05) is 119 Å². The number of nitrogens with two attached hydrogens (primary N) is 2. The van der Waals surface area contributed by atoms with Gasteiger partial charge in [-0.3, -0.25) is 34.9 Å².